The van der Waals surface area contributed by atoms with Crippen molar-refractivity contribution < 1.29 is 4.79 Å². The summed E-state index contributed by atoms with van der Waals surface area (Å²) in [5, 5.41) is 3.64. The molecule has 0 fully saturated rings. The van der Waals surface area contributed by atoms with Crippen LogP contribution in [0, 0.1) is 12.8 Å². The van der Waals surface area contributed by atoms with Gasteiger partial charge in [-0.15, -0.1) is 0 Å². The Hall–Kier alpha value is -2.95. The van der Waals surface area contributed by atoms with Crippen molar-refractivity contribution in [1.82, 2.24) is 14.9 Å². The lowest BCUT2D eigenvalue weighted by Gasteiger charge is -2.13. The number of amides is 1. The quantitative estimate of drug-likeness (QED) is 0.729. The van der Waals surface area contributed by atoms with Crippen molar-refractivity contribution in [2.75, 3.05) is 6.54 Å². The fourth-order valence-electron chi connectivity index (χ4n) is 2.96. The molecule has 1 amide bonds. The van der Waals surface area contributed by atoms with Crippen LogP contribution in [-0.4, -0.2) is 22.0 Å². The first-order chi connectivity index (χ1) is 13.0. The third kappa shape index (κ3) is 4.42. The Bertz CT molecular complexity index is 1000. The molecule has 5 nitrogen and oxygen atoms in total. The molecule has 0 saturated heterocycles. The summed E-state index contributed by atoms with van der Waals surface area (Å²) in [5.74, 6) is 0.161. The van der Waals surface area contributed by atoms with Crippen LogP contribution in [0.3, 0.4) is 0 Å². The standard InChI is InChI=1S/C22H25N3O2/c1-15(2)10-12-24-21(26)19-13-18-5-4-11-23-20(18)25(22(19)27)14-17-8-6-16(3)7-9-17/h4-9,11,13,15H,10,12,14H2,1-3H3,(H,24,26). The molecule has 2 heterocycles. The molecule has 0 aliphatic carbocycles. The smallest absolute Gasteiger partial charge is 0.265 e. The summed E-state index contributed by atoms with van der Waals surface area (Å²) in [6.45, 7) is 7.15. The second kappa shape index (κ2) is 8.16. The molecule has 3 aromatic rings. The van der Waals surface area contributed by atoms with E-state index in [1.54, 1.807) is 16.8 Å². The molecule has 0 radical (unpaired) electrons. The van der Waals surface area contributed by atoms with E-state index in [0.29, 0.717) is 24.7 Å². The second-order valence-corrected chi connectivity index (χ2v) is 7.29. The molecular formula is C22H25N3O2. The van der Waals surface area contributed by atoms with E-state index in [1.165, 1.54) is 0 Å². The zero-order valence-electron chi connectivity index (χ0n) is 16.0. The first-order valence-electron chi connectivity index (χ1n) is 9.28. The average Bonchev–Trinajstić information content (AvgIpc) is 2.65. The number of hydrogen-bond donors (Lipinski definition) is 1. The molecule has 27 heavy (non-hydrogen) atoms. The van der Waals surface area contributed by atoms with Gasteiger partial charge in [-0.05, 0) is 43.0 Å². The van der Waals surface area contributed by atoms with E-state index in [-0.39, 0.29) is 17.0 Å². The zero-order chi connectivity index (χ0) is 19.4. The predicted octanol–water partition coefficient (Wildman–Crippen LogP) is 3.53. The SMILES string of the molecule is Cc1ccc(Cn2c(=O)c(C(=O)NCCC(C)C)cc3cccnc32)cc1. The molecule has 0 unspecified atom stereocenters. The summed E-state index contributed by atoms with van der Waals surface area (Å²) in [6.07, 6.45) is 2.54. The van der Waals surface area contributed by atoms with Crippen LogP contribution in [0.2, 0.25) is 0 Å². The van der Waals surface area contributed by atoms with E-state index in [2.05, 4.69) is 24.1 Å². The molecule has 0 aliphatic heterocycles. The number of rotatable bonds is 6. The minimum atomic E-state index is -0.330. The van der Waals surface area contributed by atoms with Gasteiger partial charge >= 0.3 is 0 Å². The van der Waals surface area contributed by atoms with Crippen LogP contribution in [0.4, 0.5) is 0 Å². The summed E-state index contributed by atoms with van der Waals surface area (Å²) in [6, 6.07) is 13.3. The van der Waals surface area contributed by atoms with Crippen LogP contribution in [0.15, 0.2) is 53.5 Å². The molecular weight excluding hydrogens is 338 g/mol. The van der Waals surface area contributed by atoms with Gasteiger partial charge < -0.3 is 5.32 Å². The van der Waals surface area contributed by atoms with Crippen molar-refractivity contribution >= 4 is 16.9 Å². The lowest BCUT2D eigenvalue weighted by atomic mass is 10.1. The number of pyridine rings is 2. The Morgan fingerprint density at radius 1 is 1.19 bits per heavy atom. The van der Waals surface area contributed by atoms with Crippen LogP contribution in [0.5, 0.6) is 0 Å². The van der Waals surface area contributed by atoms with Crippen LogP contribution in [0.1, 0.15) is 41.8 Å². The summed E-state index contributed by atoms with van der Waals surface area (Å²) < 4.78 is 1.58. The van der Waals surface area contributed by atoms with Crippen molar-refractivity contribution in [3.63, 3.8) is 0 Å². The molecule has 0 spiro atoms. The molecule has 140 valence electrons. The summed E-state index contributed by atoms with van der Waals surface area (Å²) in [7, 11) is 0. The number of fused-ring (bicyclic) bond motifs is 1. The second-order valence-electron chi connectivity index (χ2n) is 7.29. The lowest BCUT2D eigenvalue weighted by molar-refractivity contribution is 0.0950. The Labute approximate surface area is 159 Å². The van der Waals surface area contributed by atoms with Gasteiger partial charge in [-0.2, -0.15) is 0 Å². The average molecular weight is 363 g/mol. The molecule has 0 aliphatic rings. The zero-order valence-corrected chi connectivity index (χ0v) is 16.0. The lowest BCUT2D eigenvalue weighted by Crippen LogP contribution is -2.34. The van der Waals surface area contributed by atoms with Crippen molar-refractivity contribution in [2.24, 2.45) is 5.92 Å². The van der Waals surface area contributed by atoms with E-state index in [4.69, 9.17) is 0 Å². The van der Waals surface area contributed by atoms with Crippen LogP contribution in [-0.2, 0) is 6.54 Å². The number of aromatic nitrogens is 2. The minimum Gasteiger partial charge on any atom is -0.352 e. The van der Waals surface area contributed by atoms with Gasteiger partial charge in [0, 0.05) is 18.1 Å². The van der Waals surface area contributed by atoms with Gasteiger partial charge in [-0.25, -0.2) is 4.98 Å². The fourth-order valence-corrected chi connectivity index (χ4v) is 2.96. The molecule has 1 N–H and O–H groups in total. The number of nitrogens with zero attached hydrogens (tertiary/aromatic N) is 2. The summed E-state index contributed by atoms with van der Waals surface area (Å²) in [4.78, 5) is 30.0. The van der Waals surface area contributed by atoms with Crippen molar-refractivity contribution in [3.8, 4) is 0 Å². The number of hydrogen-bond acceptors (Lipinski definition) is 3. The van der Waals surface area contributed by atoms with Crippen molar-refractivity contribution in [3.05, 3.63) is 75.7 Å². The highest BCUT2D eigenvalue weighted by Gasteiger charge is 2.16. The summed E-state index contributed by atoms with van der Waals surface area (Å²) in [5.41, 5.74) is 2.58. The largest absolute Gasteiger partial charge is 0.352 e. The third-order valence-corrected chi connectivity index (χ3v) is 4.56. The molecule has 0 saturated carbocycles. The van der Waals surface area contributed by atoms with E-state index < -0.39 is 0 Å². The van der Waals surface area contributed by atoms with Gasteiger partial charge in [0.25, 0.3) is 11.5 Å². The van der Waals surface area contributed by atoms with Gasteiger partial charge in [0.15, 0.2) is 0 Å². The normalized spacial score (nSPS) is 11.1. The Kier molecular flexibility index (Phi) is 5.69. The predicted molar refractivity (Wildman–Crippen MR) is 108 cm³/mol. The molecule has 0 bridgehead atoms. The minimum absolute atomic E-state index is 0.159. The highest BCUT2D eigenvalue weighted by molar-refractivity contribution is 5.96. The monoisotopic (exact) mass is 363 g/mol. The maximum absolute atomic E-state index is 13.1. The number of carbonyl (C=O) groups excluding carboxylic acids is 1. The third-order valence-electron chi connectivity index (χ3n) is 4.56. The van der Waals surface area contributed by atoms with E-state index in [9.17, 15) is 9.59 Å². The van der Waals surface area contributed by atoms with Crippen LogP contribution in [0.25, 0.3) is 11.0 Å². The van der Waals surface area contributed by atoms with Crippen molar-refractivity contribution in [2.45, 2.75) is 33.7 Å². The molecule has 2 aromatic heterocycles. The van der Waals surface area contributed by atoms with Gasteiger partial charge in [0.2, 0.25) is 0 Å². The van der Waals surface area contributed by atoms with E-state index in [0.717, 1.165) is 22.9 Å². The summed E-state index contributed by atoms with van der Waals surface area (Å²) >= 11 is 0. The number of nitrogens with one attached hydrogen (secondary N) is 1. The van der Waals surface area contributed by atoms with Gasteiger partial charge in [-0.1, -0.05) is 43.7 Å². The Balaban J connectivity index is 2.00. The van der Waals surface area contributed by atoms with Crippen LogP contribution < -0.4 is 10.9 Å². The fraction of sp³-hybridized carbons (Fsp3) is 0.318. The molecule has 0 atom stereocenters. The first kappa shape index (κ1) is 18.8. The van der Waals surface area contributed by atoms with Gasteiger partial charge in [0.1, 0.15) is 11.2 Å². The Morgan fingerprint density at radius 2 is 1.93 bits per heavy atom. The number of carbonyl (C=O) groups is 1. The maximum Gasteiger partial charge on any atom is 0.265 e. The molecule has 5 heteroatoms. The van der Waals surface area contributed by atoms with Gasteiger partial charge in [-0.3, -0.25) is 14.2 Å². The maximum atomic E-state index is 13.1. The highest BCUT2D eigenvalue weighted by atomic mass is 16.2. The first-order valence-corrected chi connectivity index (χ1v) is 9.28. The van der Waals surface area contributed by atoms with Crippen LogP contribution >= 0.6 is 0 Å². The van der Waals surface area contributed by atoms with E-state index in [1.807, 2.05) is 43.3 Å². The number of aryl methyl sites for hydroxylation is 1. The topological polar surface area (TPSA) is 64.0 Å². The van der Waals surface area contributed by atoms with Crippen molar-refractivity contribution in [1.29, 1.82) is 0 Å². The Morgan fingerprint density at radius 3 is 2.63 bits per heavy atom. The molecule has 3 rings (SSSR count). The highest BCUT2D eigenvalue weighted by Crippen LogP contribution is 2.13. The molecule has 1 aromatic carbocycles. The van der Waals surface area contributed by atoms with Gasteiger partial charge in [0.05, 0.1) is 6.54 Å². The van der Waals surface area contributed by atoms with E-state index >= 15 is 0 Å². The number of benzene rings is 1.